The van der Waals surface area contributed by atoms with Crippen LogP contribution < -0.4 is 11.1 Å². The molecular formula is C14H18N4. The third kappa shape index (κ3) is 3.53. The van der Waals surface area contributed by atoms with Gasteiger partial charge in [-0.25, -0.2) is 9.97 Å². The molecule has 0 spiro atoms. The molecule has 0 bridgehead atoms. The van der Waals surface area contributed by atoms with Crippen LogP contribution >= 0.6 is 0 Å². The van der Waals surface area contributed by atoms with Gasteiger partial charge in [0.2, 0.25) is 5.95 Å². The van der Waals surface area contributed by atoms with Crippen molar-refractivity contribution in [3.05, 3.63) is 53.3 Å². The van der Waals surface area contributed by atoms with Gasteiger partial charge in [0.1, 0.15) is 0 Å². The van der Waals surface area contributed by atoms with Gasteiger partial charge in [0, 0.05) is 18.4 Å². The second kappa shape index (κ2) is 6.12. The summed E-state index contributed by atoms with van der Waals surface area (Å²) >= 11 is 0. The zero-order valence-corrected chi connectivity index (χ0v) is 10.6. The Balaban J connectivity index is 1.93. The first-order valence-corrected chi connectivity index (χ1v) is 6.09. The SMILES string of the molecule is Cc1ccnc(NCc2ccc(CCN)cc2)n1. The van der Waals surface area contributed by atoms with E-state index in [1.807, 2.05) is 13.0 Å². The zero-order valence-electron chi connectivity index (χ0n) is 10.6. The van der Waals surface area contributed by atoms with Crippen LogP contribution in [0.2, 0.25) is 0 Å². The van der Waals surface area contributed by atoms with Gasteiger partial charge >= 0.3 is 0 Å². The number of rotatable bonds is 5. The fourth-order valence-electron chi connectivity index (χ4n) is 1.71. The van der Waals surface area contributed by atoms with Crippen LogP contribution in [0.1, 0.15) is 16.8 Å². The van der Waals surface area contributed by atoms with Crippen molar-refractivity contribution in [2.75, 3.05) is 11.9 Å². The lowest BCUT2D eigenvalue weighted by molar-refractivity contribution is 0.964. The number of nitrogens with one attached hydrogen (secondary N) is 1. The molecule has 3 N–H and O–H groups in total. The predicted molar refractivity (Wildman–Crippen MR) is 73.3 cm³/mol. The van der Waals surface area contributed by atoms with Crippen LogP contribution in [-0.2, 0) is 13.0 Å². The summed E-state index contributed by atoms with van der Waals surface area (Å²) in [6.07, 6.45) is 2.68. The number of aromatic nitrogens is 2. The molecule has 0 saturated heterocycles. The molecule has 2 aromatic rings. The lowest BCUT2D eigenvalue weighted by Gasteiger charge is -2.06. The van der Waals surface area contributed by atoms with E-state index >= 15 is 0 Å². The quantitative estimate of drug-likeness (QED) is 0.840. The fraction of sp³-hybridized carbons (Fsp3) is 0.286. The number of nitrogens with zero attached hydrogens (tertiary/aromatic N) is 2. The van der Waals surface area contributed by atoms with Crippen LogP contribution in [0, 0.1) is 6.92 Å². The van der Waals surface area contributed by atoms with Gasteiger partial charge in [-0.3, -0.25) is 0 Å². The molecule has 18 heavy (non-hydrogen) atoms. The van der Waals surface area contributed by atoms with Crippen molar-refractivity contribution in [3.63, 3.8) is 0 Å². The summed E-state index contributed by atoms with van der Waals surface area (Å²) in [6.45, 7) is 3.37. The van der Waals surface area contributed by atoms with E-state index in [4.69, 9.17) is 5.73 Å². The van der Waals surface area contributed by atoms with Gasteiger partial charge in [-0.2, -0.15) is 0 Å². The molecule has 0 amide bonds. The maximum absolute atomic E-state index is 5.52. The molecule has 4 nitrogen and oxygen atoms in total. The Labute approximate surface area is 107 Å². The van der Waals surface area contributed by atoms with Crippen molar-refractivity contribution in [2.24, 2.45) is 5.73 Å². The van der Waals surface area contributed by atoms with E-state index in [-0.39, 0.29) is 0 Å². The van der Waals surface area contributed by atoms with Crippen molar-refractivity contribution >= 4 is 5.95 Å². The zero-order chi connectivity index (χ0) is 12.8. The van der Waals surface area contributed by atoms with Crippen molar-refractivity contribution in [1.29, 1.82) is 0 Å². The van der Waals surface area contributed by atoms with Gasteiger partial charge in [-0.15, -0.1) is 0 Å². The Morgan fingerprint density at radius 2 is 1.83 bits per heavy atom. The molecule has 1 heterocycles. The normalized spacial score (nSPS) is 10.3. The third-order valence-electron chi connectivity index (χ3n) is 2.70. The summed E-state index contributed by atoms with van der Waals surface area (Å²) in [5.74, 6) is 0.668. The highest BCUT2D eigenvalue weighted by Gasteiger charge is 1.97. The first kappa shape index (κ1) is 12.5. The number of nitrogens with two attached hydrogens (primary N) is 1. The molecule has 1 aromatic heterocycles. The Hall–Kier alpha value is -1.94. The summed E-state index contributed by atoms with van der Waals surface area (Å²) in [4.78, 5) is 8.46. The molecule has 0 saturated carbocycles. The lowest BCUT2D eigenvalue weighted by Crippen LogP contribution is -2.05. The highest BCUT2D eigenvalue weighted by Crippen LogP contribution is 2.07. The molecule has 0 aliphatic rings. The van der Waals surface area contributed by atoms with E-state index in [9.17, 15) is 0 Å². The summed E-state index contributed by atoms with van der Waals surface area (Å²) in [7, 11) is 0. The fourth-order valence-corrected chi connectivity index (χ4v) is 1.71. The highest BCUT2D eigenvalue weighted by molar-refractivity contribution is 5.29. The molecule has 0 fully saturated rings. The highest BCUT2D eigenvalue weighted by atomic mass is 15.1. The minimum absolute atomic E-state index is 0.668. The molecular weight excluding hydrogens is 224 g/mol. The Morgan fingerprint density at radius 1 is 1.11 bits per heavy atom. The third-order valence-corrected chi connectivity index (χ3v) is 2.70. The van der Waals surface area contributed by atoms with Crippen molar-refractivity contribution in [2.45, 2.75) is 19.9 Å². The van der Waals surface area contributed by atoms with E-state index < -0.39 is 0 Å². The molecule has 0 aliphatic carbocycles. The first-order chi connectivity index (χ1) is 8.78. The van der Waals surface area contributed by atoms with E-state index in [1.54, 1.807) is 6.20 Å². The average molecular weight is 242 g/mol. The molecule has 94 valence electrons. The number of anilines is 1. The van der Waals surface area contributed by atoms with Crippen LogP contribution in [0.15, 0.2) is 36.5 Å². The molecule has 2 rings (SSSR count). The van der Waals surface area contributed by atoms with Crippen molar-refractivity contribution < 1.29 is 0 Å². The standard InChI is InChI=1S/C14H18N4/c1-11-7-9-16-14(18-11)17-10-13-4-2-12(3-5-13)6-8-15/h2-5,7,9H,6,8,10,15H2,1H3,(H,16,17,18). The largest absolute Gasteiger partial charge is 0.350 e. The number of benzene rings is 1. The maximum Gasteiger partial charge on any atom is 0.223 e. The van der Waals surface area contributed by atoms with E-state index in [2.05, 4.69) is 39.6 Å². The van der Waals surface area contributed by atoms with Gasteiger partial charge in [-0.05, 0) is 37.1 Å². The predicted octanol–water partition coefficient (Wildman–Crippen LogP) is 1.90. The first-order valence-electron chi connectivity index (χ1n) is 6.09. The summed E-state index contributed by atoms with van der Waals surface area (Å²) < 4.78 is 0. The lowest BCUT2D eigenvalue weighted by atomic mass is 10.1. The second-order valence-electron chi connectivity index (χ2n) is 4.23. The minimum atomic E-state index is 0.668. The van der Waals surface area contributed by atoms with Gasteiger partial charge in [0.05, 0.1) is 0 Å². The van der Waals surface area contributed by atoms with Gasteiger partial charge < -0.3 is 11.1 Å². The van der Waals surface area contributed by atoms with Crippen LogP contribution in [0.4, 0.5) is 5.95 Å². The second-order valence-corrected chi connectivity index (χ2v) is 4.23. The topological polar surface area (TPSA) is 63.8 Å². The van der Waals surface area contributed by atoms with Crippen LogP contribution in [0.5, 0.6) is 0 Å². The number of aryl methyl sites for hydroxylation is 1. The molecule has 0 atom stereocenters. The maximum atomic E-state index is 5.52. The summed E-state index contributed by atoms with van der Waals surface area (Å²) in [6, 6.07) is 10.3. The summed E-state index contributed by atoms with van der Waals surface area (Å²) in [5.41, 5.74) is 8.96. The smallest absolute Gasteiger partial charge is 0.223 e. The van der Waals surface area contributed by atoms with Crippen LogP contribution in [0.25, 0.3) is 0 Å². The Morgan fingerprint density at radius 3 is 2.50 bits per heavy atom. The van der Waals surface area contributed by atoms with E-state index in [1.165, 1.54) is 11.1 Å². The van der Waals surface area contributed by atoms with Crippen molar-refractivity contribution in [1.82, 2.24) is 9.97 Å². The molecule has 0 aliphatic heterocycles. The molecule has 0 radical (unpaired) electrons. The van der Waals surface area contributed by atoms with Gasteiger partial charge in [0.15, 0.2) is 0 Å². The molecule has 4 heteroatoms. The summed E-state index contributed by atoms with van der Waals surface area (Å²) in [5, 5.41) is 3.21. The van der Waals surface area contributed by atoms with Gasteiger partial charge in [-0.1, -0.05) is 24.3 Å². The van der Waals surface area contributed by atoms with E-state index in [0.717, 1.165) is 18.7 Å². The Bertz CT molecular complexity index is 493. The van der Waals surface area contributed by atoms with Crippen LogP contribution in [-0.4, -0.2) is 16.5 Å². The van der Waals surface area contributed by atoms with E-state index in [0.29, 0.717) is 12.5 Å². The molecule has 1 aromatic carbocycles. The number of hydrogen-bond donors (Lipinski definition) is 2. The van der Waals surface area contributed by atoms with Crippen LogP contribution in [0.3, 0.4) is 0 Å². The molecule has 0 unspecified atom stereocenters. The monoisotopic (exact) mass is 242 g/mol. The van der Waals surface area contributed by atoms with Gasteiger partial charge in [0.25, 0.3) is 0 Å². The minimum Gasteiger partial charge on any atom is -0.350 e. The Kier molecular flexibility index (Phi) is 4.25. The van der Waals surface area contributed by atoms with Crippen molar-refractivity contribution in [3.8, 4) is 0 Å². The average Bonchev–Trinajstić information content (AvgIpc) is 2.38. The number of hydrogen-bond acceptors (Lipinski definition) is 4.